The second kappa shape index (κ2) is 31.3. The minimum Gasteiger partial charge on any atom is -0.0885 e. The highest BCUT2D eigenvalue weighted by Gasteiger charge is 2.73. The molecule has 97 heavy (non-hydrogen) atoms. The maximum absolute atomic E-state index is 2.26. The molecule has 26 rings (SSSR count). The van der Waals surface area contributed by atoms with Crippen molar-refractivity contribution >= 4 is 10.8 Å². The van der Waals surface area contributed by atoms with E-state index in [-0.39, 0.29) is 0 Å². The molecule has 0 amide bonds. The third-order valence-electron chi connectivity index (χ3n) is 33.5. The van der Waals surface area contributed by atoms with Crippen LogP contribution in [0.25, 0.3) is 10.8 Å². The Bertz CT molecular complexity index is 3020. The summed E-state index contributed by atoms with van der Waals surface area (Å²) in [6.45, 7) is 0. The van der Waals surface area contributed by atoms with Crippen molar-refractivity contribution in [2.75, 3.05) is 0 Å². The van der Waals surface area contributed by atoms with E-state index >= 15 is 0 Å². The number of aryl methyl sites for hydroxylation is 6. The van der Waals surface area contributed by atoms with Gasteiger partial charge in [0.05, 0.1) is 0 Å². The van der Waals surface area contributed by atoms with Crippen molar-refractivity contribution < 1.29 is 0 Å². The van der Waals surface area contributed by atoms with E-state index in [1.165, 1.54) is 331 Å². The van der Waals surface area contributed by atoms with Crippen molar-refractivity contribution in [1.82, 2.24) is 0 Å². The lowest BCUT2D eigenvalue weighted by Gasteiger charge is -2.48. The third-order valence-corrected chi connectivity index (χ3v) is 33.5. The van der Waals surface area contributed by atoms with Gasteiger partial charge in [-0.05, 0) is 398 Å². The Kier molecular flexibility index (Phi) is 21.6. The second-order valence-electron chi connectivity index (χ2n) is 37.7. The molecule has 17 fully saturated rings. The molecule has 4 aromatic carbocycles. The highest BCUT2D eigenvalue weighted by molar-refractivity contribution is 5.90. The van der Waals surface area contributed by atoms with Crippen molar-refractivity contribution in [3.8, 4) is 0 Å². The van der Waals surface area contributed by atoms with Gasteiger partial charge < -0.3 is 0 Å². The predicted octanol–water partition coefficient (Wildman–Crippen LogP) is 26.6. The van der Waals surface area contributed by atoms with Gasteiger partial charge in [0.25, 0.3) is 0 Å². The van der Waals surface area contributed by atoms with E-state index < -0.39 is 0 Å². The van der Waals surface area contributed by atoms with Crippen molar-refractivity contribution in [2.24, 2.45) is 142 Å². The molecule has 17 saturated carbocycles. The largest absolute Gasteiger partial charge is 0.0885 e. The van der Waals surface area contributed by atoms with Crippen molar-refractivity contribution in [2.45, 2.75) is 302 Å². The van der Waals surface area contributed by atoms with Gasteiger partial charge in [0.1, 0.15) is 0 Å². The fourth-order valence-corrected chi connectivity index (χ4v) is 30.3. The molecule has 0 nitrogen and oxygen atoms in total. The molecular weight excluding hydrogens is 1170 g/mol. The van der Waals surface area contributed by atoms with Crippen LogP contribution < -0.4 is 0 Å². The van der Waals surface area contributed by atoms with Crippen LogP contribution in [0.5, 0.6) is 0 Å². The van der Waals surface area contributed by atoms with Gasteiger partial charge in [0, 0.05) is 0 Å². The summed E-state index contributed by atoms with van der Waals surface area (Å²) in [7, 11) is 0. The Morgan fingerprint density at radius 1 is 0.186 bits per heavy atom. The number of benzene rings is 4. The van der Waals surface area contributed by atoms with Crippen LogP contribution in [0.1, 0.15) is 297 Å². The van der Waals surface area contributed by atoms with Crippen LogP contribution in [0, 0.1) is 142 Å². The van der Waals surface area contributed by atoms with Gasteiger partial charge in [-0.15, -0.1) is 0 Å². The first kappa shape index (κ1) is 66.8. The Balaban J connectivity index is 0.0000000842. The van der Waals surface area contributed by atoms with Crippen LogP contribution in [0.3, 0.4) is 0 Å². The zero-order chi connectivity index (χ0) is 64.4. The molecule has 24 unspecified atom stereocenters. The molecule has 0 heterocycles. The Morgan fingerprint density at radius 2 is 0.485 bits per heavy atom. The molecular formula is C97H136. The van der Waals surface area contributed by atoms with Crippen LogP contribution in [-0.2, 0) is 38.5 Å². The van der Waals surface area contributed by atoms with E-state index in [4.69, 9.17) is 0 Å². The third kappa shape index (κ3) is 13.8. The highest BCUT2D eigenvalue weighted by Crippen LogP contribution is 2.79. The van der Waals surface area contributed by atoms with Crippen LogP contribution >= 0.6 is 0 Å². The van der Waals surface area contributed by atoms with E-state index in [9.17, 15) is 0 Å². The average molecular weight is 1300 g/mol. The standard InChI is InChI=1S/C20H28.C15H22.C12H10.C10H16.C10H12.C9H10.C6H12.C5H10.2C5H8/c1-2-11-12(3-1)14-7-13(11)19-15-8-16(20(14)19)18-10-5-4-9(6-10)17(15)18;1-2-10-11(3-1)13-7-12(10)14-8-4-5-9(6-8)15(13)14;1-3-9-4-2-6-11-8-7-10(5-1)12(9)11;1-2-9-7-4-5-8(6-7)10(9)3-1;1-2-6-10-8-4-3-7-9(10)5-1;1-2-5-9-7-3-6-8(9)4-1;1-2-4-6-5-3-1;3*1-2-4-5-3-1/h9-20H,1-8H2;8-15H,1-7H2;1-6H,7-8H2;7-10H,1-6H2;1-2,5-6H,3-4,7-8H2;1-2,4-5H,3,6-7H2;1-6H2;1-5H2;2*1-2H,3-5H2. The maximum atomic E-state index is 2.26. The Labute approximate surface area is 593 Å². The molecule has 0 aromatic heterocycles. The van der Waals surface area contributed by atoms with Crippen LogP contribution in [-0.4, -0.2) is 0 Å². The molecule has 0 radical (unpaired) electrons. The summed E-state index contributed by atoms with van der Waals surface area (Å²) in [5.41, 5.74) is 9.35. The lowest BCUT2D eigenvalue weighted by molar-refractivity contribution is -0.00685. The van der Waals surface area contributed by atoms with Gasteiger partial charge in [0.2, 0.25) is 0 Å². The minimum atomic E-state index is 1.19. The van der Waals surface area contributed by atoms with E-state index in [0.717, 1.165) is 0 Å². The first-order chi connectivity index (χ1) is 48.2. The molecule has 524 valence electrons. The molecule has 4 aromatic rings. The van der Waals surface area contributed by atoms with Crippen LogP contribution in [0.4, 0.5) is 0 Å². The highest BCUT2D eigenvalue weighted by atomic mass is 14.8. The molecule has 0 saturated heterocycles. The molecule has 0 heteroatoms. The van der Waals surface area contributed by atoms with Crippen LogP contribution in [0.2, 0.25) is 0 Å². The quantitative estimate of drug-likeness (QED) is 0.122. The topological polar surface area (TPSA) is 0 Å². The van der Waals surface area contributed by atoms with Gasteiger partial charge in [-0.2, -0.15) is 0 Å². The van der Waals surface area contributed by atoms with Crippen molar-refractivity contribution in [3.63, 3.8) is 0 Å². The van der Waals surface area contributed by atoms with Gasteiger partial charge >= 0.3 is 0 Å². The number of rotatable bonds is 0. The Hall–Kier alpha value is -3.38. The summed E-state index contributed by atoms with van der Waals surface area (Å²) in [5, 5.41) is 2.92. The first-order valence-corrected chi connectivity index (χ1v) is 44.1. The summed E-state index contributed by atoms with van der Waals surface area (Å²) < 4.78 is 0. The summed E-state index contributed by atoms with van der Waals surface area (Å²) >= 11 is 0. The SMILES string of the molecule is C1=CCCC1.C1=CCCC1.C1CC2C(C1)C1CC2C2C3CC(C4C5CCC(C5)C34)C12.C1CC2C(C1)C1CC2C2C3CCC(C3)C12.C1CC2C3CCC(C3)C2C1.C1CCCC1.C1CCCCC1.c1cc2c3c(cccc3c1)CC2.c1ccc2c(c1)CCC2.c1ccc2c(c1)CCCC2. The van der Waals surface area contributed by atoms with E-state index in [0.29, 0.717) is 0 Å². The van der Waals surface area contributed by atoms with Crippen molar-refractivity contribution in [1.29, 1.82) is 0 Å². The number of fused-ring (bicyclic) bond motifs is 38. The fraction of sp³-hybridized carbons (Fsp3) is 0.732. The first-order valence-electron chi connectivity index (χ1n) is 44.1. The van der Waals surface area contributed by atoms with Gasteiger partial charge in [0.15, 0.2) is 0 Å². The van der Waals surface area contributed by atoms with Crippen molar-refractivity contribution in [3.05, 3.63) is 143 Å². The molecule has 22 aliphatic rings. The lowest BCUT2D eigenvalue weighted by Crippen LogP contribution is -2.44. The summed E-state index contributed by atoms with van der Waals surface area (Å²) in [5.74, 6) is 29.4. The summed E-state index contributed by atoms with van der Waals surface area (Å²) in [6.07, 6.45) is 79.4. The van der Waals surface area contributed by atoms with Gasteiger partial charge in [-0.1, -0.05) is 199 Å². The molecule has 0 spiro atoms. The maximum Gasteiger partial charge on any atom is -0.0120 e. The normalized spacial score (nSPS) is 41.6. The molecule has 12 bridgehead atoms. The average Bonchev–Trinajstić information content (AvgIpc) is 1.51. The van der Waals surface area contributed by atoms with Gasteiger partial charge in [-0.25, -0.2) is 0 Å². The molecule has 24 atom stereocenters. The van der Waals surface area contributed by atoms with E-state index in [1.54, 1.807) is 157 Å². The monoisotopic (exact) mass is 1300 g/mol. The van der Waals surface area contributed by atoms with Crippen LogP contribution in [0.15, 0.2) is 109 Å². The minimum absolute atomic E-state index is 1.19. The second-order valence-corrected chi connectivity index (χ2v) is 37.7. The molecule has 0 N–H and O–H groups in total. The number of hydrogen-bond acceptors (Lipinski definition) is 0. The molecule has 0 aliphatic heterocycles. The Morgan fingerprint density at radius 3 is 0.845 bits per heavy atom. The smallest absolute Gasteiger partial charge is 0.0120 e. The number of allylic oxidation sites excluding steroid dienone is 4. The lowest BCUT2D eigenvalue weighted by atomic mass is 9.57. The van der Waals surface area contributed by atoms with E-state index in [2.05, 4.69) is 109 Å². The zero-order valence-electron chi connectivity index (χ0n) is 61.5. The van der Waals surface area contributed by atoms with Gasteiger partial charge in [-0.3, -0.25) is 0 Å². The zero-order valence-corrected chi connectivity index (χ0v) is 61.5. The fourth-order valence-electron chi connectivity index (χ4n) is 30.3. The predicted molar refractivity (Wildman–Crippen MR) is 410 cm³/mol. The van der Waals surface area contributed by atoms with E-state index in [1.807, 2.05) is 0 Å². The summed E-state index contributed by atoms with van der Waals surface area (Å²) in [4.78, 5) is 0. The summed E-state index contributed by atoms with van der Waals surface area (Å²) in [6, 6.07) is 30.8. The molecule has 22 aliphatic carbocycles. The number of hydrogen-bond donors (Lipinski definition) is 0.